The van der Waals surface area contributed by atoms with Crippen LogP contribution >= 0.6 is 15.9 Å². The summed E-state index contributed by atoms with van der Waals surface area (Å²) >= 11 is 3.43. The number of rotatable bonds is 4. The molecule has 0 bridgehead atoms. The van der Waals surface area contributed by atoms with Crippen LogP contribution in [0.25, 0.3) is 0 Å². The van der Waals surface area contributed by atoms with Crippen LogP contribution in [0.15, 0.2) is 64.1 Å². The average molecular weight is 401 g/mol. The molecular formula is C19H17BrN2O3. The summed E-state index contributed by atoms with van der Waals surface area (Å²) < 4.78 is 5.95. The minimum absolute atomic E-state index is 0.211. The van der Waals surface area contributed by atoms with Crippen LogP contribution in [0.5, 0.6) is 0 Å². The Kier molecular flexibility index (Phi) is 5.28. The van der Waals surface area contributed by atoms with Gasteiger partial charge in [-0.1, -0.05) is 58.4 Å². The highest BCUT2D eigenvalue weighted by Crippen LogP contribution is 2.32. The van der Waals surface area contributed by atoms with Gasteiger partial charge in [-0.05, 0) is 24.6 Å². The number of hydrogen-bond donors (Lipinski definition) is 1. The lowest BCUT2D eigenvalue weighted by molar-refractivity contribution is -0.153. The third-order valence-corrected chi connectivity index (χ3v) is 4.38. The molecule has 0 aromatic heterocycles. The Hall–Kier alpha value is -2.47. The predicted molar refractivity (Wildman–Crippen MR) is 98.1 cm³/mol. The maximum Gasteiger partial charge on any atom is 0.321 e. The molecule has 2 aromatic rings. The molecule has 0 unspecified atom stereocenters. The predicted octanol–water partition coefficient (Wildman–Crippen LogP) is 3.25. The van der Waals surface area contributed by atoms with E-state index in [2.05, 4.69) is 26.2 Å². The number of nitrogens with zero attached hydrogens (tertiary/aromatic N) is 1. The van der Waals surface area contributed by atoms with Gasteiger partial charge in [-0.15, -0.1) is 0 Å². The van der Waals surface area contributed by atoms with E-state index >= 15 is 0 Å². The summed E-state index contributed by atoms with van der Waals surface area (Å²) in [4.78, 5) is 29.7. The summed E-state index contributed by atoms with van der Waals surface area (Å²) in [5, 5.41) is 2.73. The number of aliphatic imine (C=N–C) groups is 1. The zero-order valence-corrected chi connectivity index (χ0v) is 15.2. The molecule has 0 radical (unpaired) electrons. The summed E-state index contributed by atoms with van der Waals surface area (Å²) in [5.41, 5.74) is 1.56. The molecule has 0 aliphatic carbocycles. The average Bonchev–Trinajstić information content (AvgIpc) is 2.62. The van der Waals surface area contributed by atoms with Crippen molar-refractivity contribution in [1.82, 2.24) is 5.32 Å². The van der Waals surface area contributed by atoms with Crippen LogP contribution < -0.4 is 5.32 Å². The van der Waals surface area contributed by atoms with Crippen LogP contribution in [0.4, 0.5) is 0 Å². The van der Waals surface area contributed by atoms with Crippen molar-refractivity contribution in [1.29, 1.82) is 0 Å². The molecule has 1 heterocycles. The first-order valence-corrected chi connectivity index (χ1v) is 8.75. The van der Waals surface area contributed by atoms with Crippen molar-refractivity contribution < 1.29 is 14.3 Å². The van der Waals surface area contributed by atoms with Gasteiger partial charge in [-0.3, -0.25) is 14.6 Å². The molecule has 1 aliphatic rings. The lowest BCUT2D eigenvalue weighted by Gasteiger charge is -2.28. The number of carbonyl (C=O) groups is 2. The van der Waals surface area contributed by atoms with E-state index < -0.39 is 23.8 Å². The molecule has 5 nitrogen and oxygen atoms in total. The Morgan fingerprint density at radius 3 is 2.64 bits per heavy atom. The third-order valence-electron chi connectivity index (χ3n) is 3.89. The molecule has 0 fully saturated rings. The monoisotopic (exact) mass is 400 g/mol. The van der Waals surface area contributed by atoms with E-state index in [-0.39, 0.29) is 6.61 Å². The van der Waals surface area contributed by atoms with Crippen molar-refractivity contribution in [3.05, 3.63) is 70.2 Å². The van der Waals surface area contributed by atoms with Gasteiger partial charge in [0.05, 0.1) is 12.6 Å². The molecule has 6 heteroatoms. The van der Waals surface area contributed by atoms with Gasteiger partial charge in [0.1, 0.15) is 5.84 Å². The largest absolute Gasteiger partial charge is 0.465 e. The van der Waals surface area contributed by atoms with Crippen molar-refractivity contribution in [2.75, 3.05) is 6.61 Å². The molecule has 0 saturated carbocycles. The third kappa shape index (κ3) is 3.79. The van der Waals surface area contributed by atoms with E-state index in [1.807, 2.05) is 54.6 Å². The molecule has 2 atom stereocenters. The van der Waals surface area contributed by atoms with Crippen LogP contribution in [0, 0.1) is 5.92 Å². The number of hydrogen-bond acceptors (Lipinski definition) is 4. The normalized spacial score (nSPS) is 19.8. The molecule has 0 saturated heterocycles. The summed E-state index contributed by atoms with van der Waals surface area (Å²) in [6.07, 6.45) is 0. The number of amidine groups is 1. The van der Waals surface area contributed by atoms with Crippen molar-refractivity contribution in [3.63, 3.8) is 0 Å². The Labute approximate surface area is 154 Å². The first-order valence-electron chi connectivity index (χ1n) is 7.96. The van der Waals surface area contributed by atoms with E-state index in [0.29, 0.717) is 5.84 Å². The van der Waals surface area contributed by atoms with Gasteiger partial charge >= 0.3 is 5.97 Å². The van der Waals surface area contributed by atoms with Gasteiger partial charge in [-0.2, -0.15) is 0 Å². The van der Waals surface area contributed by atoms with E-state index in [9.17, 15) is 9.59 Å². The van der Waals surface area contributed by atoms with E-state index in [4.69, 9.17) is 4.74 Å². The molecule has 3 rings (SSSR count). The number of nitrogens with one attached hydrogen (secondary N) is 1. The molecule has 2 aromatic carbocycles. The number of carbonyl (C=O) groups excluding carboxylic acids is 2. The SMILES string of the molecule is CCOC(=O)[C@H]1C(=O)NC(c2ccccc2)=N[C@@H]1c1cccc(Br)c1. The lowest BCUT2D eigenvalue weighted by atomic mass is 9.90. The van der Waals surface area contributed by atoms with Crippen molar-refractivity contribution in [3.8, 4) is 0 Å². The van der Waals surface area contributed by atoms with Crippen LogP contribution in [0.1, 0.15) is 24.1 Å². The topological polar surface area (TPSA) is 67.8 Å². The fraction of sp³-hybridized carbons (Fsp3) is 0.211. The van der Waals surface area contributed by atoms with Gasteiger partial charge in [0.25, 0.3) is 0 Å². The highest BCUT2D eigenvalue weighted by Gasteiger charge is 2.41. The van der Waals surface area contributed by atoms with Gasteiger partial charge in [0.2, 0.25) is 5.91 Å². The second-order valence-electron chi connectivity index (χ2n) is 5.56. The minimum atomic E-state index is -1.01. The Bertz CT molecular complexity index is 820. The highest BCUT2D eigenvalue weighted by atomic mass is 79.9. The van der Waals surface area contributed by atoms with E-state index in [1.165, 1.54) is 0 Å². The standard InChI is InChI=1S/C19H17BrN2O3/c1-2-25-19(24)15-16(13-9-6-10-14(20)11-13)21-17(22-18(15)23)12-7-4-3-5-8-12/h3-11,15-16H,2H2,1H3,(H,21,22,23)/t15-,16-/m1/s1. The van der Waals surface area contributed by atoms with Crippen LogP contribution in [0.3, 0.4) is 0 Å². The van der Waals surface area contributed by atoms with Gasteiger partial charge in [0, 0.05) is 10.0 Å². The highest BCUT2D eigenvalue weighted by molar-refractivity contribution is 9.10. The number of amides is 1. The van der Waals surface area contributed by atoms with Gasteiger partial charge < -0.3 is 10.1 Å². The Morgan fingerprint density at radius 2 is 1.96 bits per heavy atom. The summed E-state index contributed by atoms with van der Waals surface area (Å²) in [6, 6.07) is 16.2. The summed E-state index contributed by atoms with van der Waals surface area (Å²) in [7, 11) is 0. The Balaban J connectivity index is 2.07. The van der Waals surface area contributed by atoms with E-state index in [1.54, 1.807) is 6.92 Å². The Morgan fingerprint density at radius 1 is 1.20 bits per heavy atom. The molecule has 1 amide bonds. The fourth-order valence-corrected chi connectivity index (χ4v) is 3.17. The maximum absolute atomic E-state index is 12.7. The maximum atomic E-state index is 12.7. The minimum Gasteiger partial charge on any atom is -0.465 e. The molecule has 25 heavy (non-hydrogen) atoms. The van der Waals surface area contributed by atoms with Crippen LogP contribution in [0.2, 0.25) is 0 Å². The van der Waals surface area contributed by atoms with Gasteiger partial charge in [-0.25, -0.2) is 0 Å². The molecule has 0 spiro atoms. The molecular weight excluding hydrogens is 384 g/mol. The smallest absolute Gasteiger partial charge is 0.321 e. The second-order valence-corrected chi connectivity index (χ2v) is 6.48. The molecule has 1 aliphatic heterocycles. The van der Waals surface area contributed by atoms with Crippen LogP contribution in [-0.2, 0) is 14.3 Å². The number of benzene rings is 2. The summed E-state index contributed by atoms with van der Waals surface area (Å²) in [5.74, 6) is -1.53. The van der Waals surface area contributed by atoms with Crippen molar-refractivity contribution in [2.24, 2.45) is 10.9 Å². The number of halogens is 1. The zero-order valence-electron chi connectivity index (χ0n) is 13.6. The van der Waals surface area contributed by atoms with E-state index in [0.717, 1.165) is 15.6 Å². The number of esters is 1. The first-order chi connectivity index (χ1) is 12.1. The molecule has 1 N–H and O–H groups in total. The summed E-state index contributed by atoms with van der Waals surface area (Å²) in [6.45, 7) is 1.93. The quantitative estimate of drug-likeness (QED) is 0.632. The fourth-order valence-electron chi connectivity index (χ4n) is 2.75. The van der Waals surface area contributed by atoms with Crippen LogP contribution in [-0.4, -0.2) is 24.3 Å². The zero-order chi connectivity index (χ0) is 17.8. The van der Waals surface area contributed by atoms with Gasteiger partial charge in [0.15, 0.2) is 5.92 Å². The number of ether oxygens (including phenoxy) is 1. The second kappa shape index (κ2) is 7.61. The molecule has 128 valence electrons. The van der Waals surface area contributed by atoms with Crippen molar-refractivity contribution >= 4 is 33.6 Å². The first kappa shape index (κ1) is 17.4. The van der Waals surface area contributed by atoms with Crippen molar-refractivity contribution in [2.45, 2.75) is 13.0 Å². The lowest BCUT2D eigenvalue weighted by Crippen LogP contribution is -2.47.